The maximum atomic E-state index is 13.8. The first-order chi connectivity index (χ1) is 8.11. The summed E-state index contributed by atoms with van der Waals surface area (Å²) < 4.78 is 18.9. The Bertz CT molecular complexity index is 557. The molecule has 0 saturated carbocycles. The SMILES string of the molecule is [B]c1cc(F)c(-c2cccc(Cl)c2)cc1OC. The van der Waals surface area contributed by atoms with E-state index in [2.05, 4.69) is 0 Å². The minimum Gasteiger partial charge on any atom is -0.497 e. The minimum atomic E-state index is -0.398. The van der Waals surface area contributed by atoms with Crippen molar-refractivity contribution in [2.45, 2.75) is 0 Å². The van der Waals surface area contributed by atoms with E-state index in [1.54, 1.807) is 30.3 Å². The van der Waals surface area contributed by atoms with Crippen LogP contribution in [0, 0.1) is 5.82 Å². The van der Waals surface area contributed by atoms with Crippen molar-refractivity contribution in [3.63, 3.8) is 0 Å². The van der Waals surface area contributed by atoms with Gasteiger partial charge >= 0.3 is 0 Å². The molecule has 0 spiro atoms. The molecular formula is C13H9BClFO. The molecule has 4 heteroatoms. The standard InChI is InChI=1S/C13H9BClFO/c1-17-13-6-10(12(16)7-11(13)14)8-3-2-4-9(15)5-8/h2-7H,1H3. The maximum Gasteiger partial charge on any atom is 0.130 e. The van der Waals surface area contributed by atoms with E-state index in [1.165, 1.54) is 13.2 Å². The van der Waals surface area contributed by atoms with Crippen LogP contribution in [0.5, 0.6) is 5.75 Å². The Morgan fingerprint density at radius 3 is 2.65 bits per heavy atom. The number of halogens is 2. The summed E-state index contributed by atoms with van der Waals surface area (Å²) in [5, 5.41) is 0.553. The van der Waals surface area contributed by atoms with Gasteiger partial charge in [0, 0.05) is 10.6 Å². The van der Waals surface area contributed by atoms with Crippen LogP contribution in [-0.2, 0) is 0 Å². The van der Waals surface area contributed by atoms with Crippen LogP contribution in [0.25, 0.3) is 11.1 Å². The van der Waals surface area contributed by atoms with Gasteiger partial charge in [-0.3, -0.25) is 0 Å². The van der Waals surface area contributed by atoms with Gasteiger partial charge in [-0.25, -0.2) is 4.39 Å². The van der Waals surface area contributed by atoms with Crippen LogP contribution >= 0.6 is 11.6 Å². The van der Waals surface area contributed by atoms with Crippen molar-refractivity contribution in [1.29, 1.82) is 0 Å². The van der Waals surface area contributed by atoms with E-state index >= 15 is 0 Å². The Hall–Kier alpha value is -1.48. The summed E-state index contributed by atoms with van der Waals surface area (Å²) in [5.41, 5.74) is 1.38. The summed E-state index contributed by atoms with van der Waals surface area (Å²) in [4.78, 5) is 0. The molecule has 0 aliphatic rings. The molecule has 2 aromatic carbocycles. The molecule has 1 nitrogen and oxygen atoms in total. The average Bonchev–Trinajstić information content (AvgIpc) is 2.29. The third-order valence-electron chi connectivity index (χ3n) is 2.46. The van der Waals surface area contributed by atoms with Crippen molar-refractivity contribution in [3.05, 3.63) is 47.2 Å². The molecule has 2 aromatic rings. The normalized spacial score (nSPS) is 10.3. The van der Waals surface area contributed by atoms with E-state index in [1.807, 2.05) is 0 Å². The fraction of sp³-hybridized carbons (Fsp3) is 0.0769. The molecule has 0 unspecified atom stereocenters. The first-order valence-corrected chi connectivity index (χ1v) is 5.38. The highest BCUT2D eigenvalue weighted by molar-refractivity contribution is 6.34. The monoisotopic (exact) mass is 246 g/mol. The molecule has 17 heavy (non-hydrogen) atoms. The molecule has 0 fully saturated rings. The second kappa shape index (κ2) is 4.80. The van der Waals surface area contributed by atoms with Crippen LogP contribution in [0.15, 0.2) is 36.4 Å². The van der Waals surface area contributed by atoms with Crippen LogP contribution in [-0.4, -0.2) is 15.0 Å². The van der Waals surface area contributed by atoms with Gasteiger partial charge in [0.1, 0.15) is 19.4 Å². The lowest BCUT2D eigenvalue weighted by molar-refractivity contribution is 0.417. The number of methoxy groups -OCH3 is 1. The number of benzene rings is 2. The molecule has 0 atom stereocenters. The molecule has 0 heterocycles. The molecule has 0 aromatic heterocycles. The van der Waals surface area contributed by atoms with Crippen LogP contribution in [0.4, 0.5) is 4.39 Å². The van der Waals surface area contributed by atoms with Crippen molar-refractivity contribution in [2.24, 2.45) is 0 Å². The van der Waals surface area contributed by atoms with Crippen molar-refractivity contribution >= 4 is 24.9 Å². The largest absolute Gasteiger partial charge is 0.497 e. The molecule has 0 aliphatic heterocycles. The summed E-state index contributed by atoms with van der Waals surface area (Å²) in [6, 6.07) is 9.78. The molecule has 2 radical (unpaired) electrons. The second-order valence-corrected chi connectivity index (χ2v) is 4.02. The minimum absolute atomic E-state index is 0.274. The van der Waals surface area contributed by atoms with E-state index in [9.17, 15) is 4.39 Å². The summed E-state index contributed by atoms with van der Waals surface area (Å²) in [6.07, 6.45) is 0. The Kier molecular flexibility index (Phi) is 3.39. The first-order valence-electron chi connectivity index (χ1n) is 5.01. The fourth-order valence-corrected chi connectivity index (χ4v) is 1.81. The van der Waals surface area contributed by atoms with Gasteiger partial charge in [0.05, 0.1) is 7.11 Å². The summed E-state index contributed by atoms with van der Waals surface area (Å²) >= 11 is 5.87. The van der Waals surface area contributed by atoms with Gasteiger partial charge in [-0.1, -0.05) is 29.2 Å². The van der Waals surface area contributed by atoms with E-state index in [-0.39, 0.29) is 5.46 Å². The van der Waals surface area contributed by atoms with Gasteiger partial charge in [0.2, 0.25) is 0 Å². The van der Waals surface area contributed by atoms with Gasteiger partial charge in [-0.05, 0) is 29.8 Å². The molecule has 0 saturated heterocycles. The van der Waals surface area contributed by atoms with Gasteiger partial charge < -0.3 is 4.74 Å². The van der Waals surface area contributed by atoms with E-state index in [4.69, 9.17) is 24.2 Å². The highest BCUT2D eigenvalue weighted by atomic mass is 35.5. The Morgan fingerprint density at radius 2 is 2.00 bits per heavy atom. The first kappa shape index (κ1) is 12.0. The zero-order valence-electron chi connectivity index (χ0n) is 9.21. The highest BCUT2D eigenvalue weighted by Crippen LogP contribution is 2.27. The molecule has 84 valence electrons. The van der Waals surface area contributed by atoms with Gasteiger partial charge in [0.25, 0.3) is 0 Å². The summed E-state index contributed by atoms with van der Waals surface area (Å²) in [7, 11) is 7.11. The third-order valence-corrected chi connectivity index (χ3v) is 2.69. The van der Waals surface area contributed by atoms with Crippen LogP contribution in [0.3, 0.4) is 0 Å². The quantitative estimate of drug-likeness (QED) is 0.740. The van der Waals surface area contributed by atoms with E-state index < -0.39 is 5.82 Å². The highest BCUT2D eigenvalue weighted by Gasteiger charge is 2.09. The van der Waals surface area contributed by atoms with Gasteiger partial charge in [0.15, 0.2) is 0 Å². The van der Waals surface area contributed by atoms with Crippen molar-refractivity contribution in [1.82, 2.24) is 0 Å². The lowest BCUT2D eigenvalue weighted by atomic mass is 9.92. The fourth-order valence-electron chi connectivity index (χ4n) is 1.62. The molecule has 2 rings (SSSR count). The molecule has 0 N–H and O–H groups in total. The predicted octanol–water partition coefficient (Wildman–Crippen LogP) is 2.95. The Morgan fingerprint density at radius 1 is 1.24 bits per heavy atom. The Balaban J connectivity index is 2.59. The van der Waals surface area contributed by atoms with Crippen molar-refractivity contribution in [2.75, 3.05) is 7.11 Å². The van der Waals surface area contributed by atoms with Gasteiger partial charge in [-0.2, -0.15) is 0 Å². The zero-order valence-corrected chi connectivity index (χ0v) is 9.96. The maximum absolute atomic E-state index is 13.8. The topological polar surface area (TPSA) is 9.23 Å². The number of hydrogen-bond donors (Lipinski definition) is 0. The van der Waals surface area contributed by atoms with Crippen molar-refractivity contribution < 1.29 is 9.13 Å². The smallest absolute Gasteiger partial charge is 0.130 e. The predicted molar refractivity (Wildman–Crippen MR) is 68.8 cm³/mol. The Labute approximate surface area is 106 Å². The third kappa shape index (κ3) is 2.45. The zero-order chi connectivity index (χ0) is 12.4. The molecular weight excluding hydrogens is 237 g/mol. The van der Waals surface area contributed by atoms with E-state index in [0.717, 1.165) is 0 Å². The summed E-state index contributed by atoms with van der Waals surface area (Å²) in [6.45, 7) is 0. The van der Waals surface area contributed by atoms with Gasteiger partial charge in [-0.15, -0.1) is 0 Å². The lowest BCUT2D eigenvalue weighted by Gasteiger charge is -2.10. The molecule has 0 aliphatic carbocycles. The van der Waals surface area contributed by atoms with Crippen molar-refractivity contribution in [3.8, 4) is 16.9 Å². The molecule has 0 amide bonds. The van der Waals surface area contributed by atoms with E-state index in [0.29, 0.717) is 21.9 Å². The number of hydrogen-bond acceptors (Lipinski definition) is 1. The number of rotatable bonds is 2. The lowest BCUT2D eigenvalue weighted by Crippen LogP contribution is -2.08. The number of ether oxygens (including phenoxy) is 1. The van der Waals surface area contributed by atoms with Crippen LogP contribution < -0.4 is 10.2 Å². The molecule has 0 bridgehead atoms. The van der Waals surface area contributed by atoms with Crippen LogP contribution in [0.2, 0.25) is 5.02 Å². The average molecular weight is 246 g/mol. The second-order valence-electron chi connectivity index (χ2n) is 3.58. The van der Waals surface area contributed by atoms with Crippen LogP contribution in [0.1, 0.15) is 0 Å². The summed E-state index contributed by atoms with van der Waals surface area (Å²) in [5.74, 6) is 0.0481.